The maximum absolute atomic E-state index is 5.92. The van der Waals surface area contributed by atoms with E-state index in [1.807, 2.05) is 12.3 Å². The molecule has 68 valence electrons. The summed E-state index contributed by atoms with van der Waals surface area (Å²) in [5, 5.41) is 0. The van der Waals surface area contributed by atoms with Gasteiger partial charge >= 0.3 is 0 Å². The van der Waals surface area contributed by atoms with Gasteiger partial charge in [-0.2, -0.15) is 0 Å². The molecule has 0 aliphatic rings. The van der Waals surface area contributed by atoms with Gasteiger partial charge < -0.3 is 15.5 Å². The van der Waals surface area contributed by atoms with Gasteiger partial charge in [-0.05, 0) is 5.92 Å². The zero-order valence-electron chi connectivity index (χ0n) is 7.79. The van der Waals surface area contributed by atoms with E-state index in [4.69, 9.17) is 10.5 Å². The number of nitrogens with one attached hydrogen (secondary N) is 1. The van der Waals surface area contributed by atoms with Gasteiger partial charge in [0.15, 0.2) is 0 Å². The van der Waals surface area contributed by atoms with Crippen molar-refractivity contribution in [2.45, 2.75) is 19.9 Å². The van der Waals surface area contributed by atoms with Gasteiger partial charge in [-0.25, -0.2) is 0 Å². The highest BCUT2D eigenvalue weighted by atomic mass is 16.5. The molecule has 0 amide bonds. The van der Waals surface area contributed by atoms with Gasteiger partial charge in [-0.1, -0.05) is 13.8 Å². The fraction of sp³-hybridized carbons (Fsp3) is 0.556. The van der Waals surface area contributed by atoms with Crippen LogP contribution in [-0.2, 0) is 0 Å². The Morgan fingerprint density at radius 3 is 2.58 bits per heavy atom. The lowest BCUT2D eigenvalue weighted by Gasteiger charge is -2.12. The van der Waals surface area contributed by atoms with Crippen molar-refractivity contribution in [3.63, 3.8) is 0 Å². The molecule has 0 unspecified atom stereocenters. The standard InChI is InChI=1S/C9H16N2O/c1-6(2)9(10)8-4-7(12-3)5-11-8/h4-6,9,11H,10H2,1-3H3/t9-/m0/s1. The normalized spacial score (nSPS) is 13.4. The SMILES string of the molecule is COc1c[nH]c([C@@H](N)C(C)C)c1. The molecule has 1 rings (SSSR count). The number of aromatic amines is 1. The minimum absolute atomic E-state index is 0.0638. The summed E-state index contributed by atoms with van der Waals surface area (Å²) in [6.45, 7) is 4.19. The number of H-pyrrole nitrogens is 1. The second kappa shape index (κ2) is 3.63. The summed E-state index contributed by atoms with van der Waals surface area (Å²) in [7, 11) is 1.65. The first-order valence-electron chi connectivity index (χ1n) is 4.13. The first kappa shape index (κ1) is 9.13. The molecule has 0 saturated carbocycles. The smallest absolute Gasteiger partial charge is 0.136 e. The van der Waals surface area contributed by atoms with Crippen LogP contribution in [-0.4, -0.2) is 12.1 Å². The van der Waals surface area contributed by atoms with E-state index in [0.29, 0.717) is 5.92 Å². The van der Waals surface area contributed by atoms with Gasteiger partial charge in [-0.15, -0.1) is 0 Å². The van der Waals surface area contributed by atoms with E-state index < -0.39 is 0 Å². The predicted molar refractivity (Wildman–Crippen MR) is 49.1 cm³/mol. The molecule has 0 spiro atoms. The molecule has 0 fully saturated rings. The van der Waals surface area contributed by atoms with Crippen LogP contribution in [0.15, 0.2) is 12.3 Å². The molecular weight excluding hydrogens is 152 g/mol. The molecule has 12 heavy (non-hydrogen) atoms. The van der Waals surface area contributed by atoms with Gasteiger partial charge in [0.2, 0.25) is 0 Å². The maximum atomic E-state index is 5.92. The largest absolute Gasteiger partial charge is 0.495 e. The summed E-state index contributed by atoms with van der Waals surface area (Å²) in [4.78, 5) is 3.09. The van der Waals surface area contributed by atoms with Gasteiger partial charge in [-0.3, -0.25) is 0 Å². The average Bonchev–Trinajstić information content (AvgIpc) is 2.50. The van der Waals surface area contributed by atoms with Crippen molar-refractivity contribution in [3.05, 3.63) is 18.0 Å². The molecule has 3 heteroatoms. The predicted octanol–water partition coefficient (Wildman–Crippen LogP) is 1.68. The molecule has 0 bridgehead atoms. The molecule has 1 aromatic heterocycles. The Hall–Kier alpha value is -0.960. The Kier molecular flexibility index (Phi) is 2.76. The summed E-state index contributed by atoms with van der Waals surface area (Å²) in [5.74, 6) is 1.27. The topological polar surface area (TPSA) is 51.0 Å². The van der Waals surface area contributed by atoms with Gasteiger partial charge in [0.25, 0.3) is 0 Å². The first-order valence-corrected chi connectivity index (χ1v) is 4.13. The molecule has 1 heterocycles. The van der Waals surface area contributed by atoms with Crippen molar-refractivity contribution in [3.8, 4) is 5.75 Å². The minimum atomic E-state index is 0.0638. The van der Waals surface area contributed by atoms with Crippen LogP contribution in [0.25, 0.3) is 0 Å². The van der Waals surface area contributed by atoms with Crippen molar-refractivity contribution in [1.82, 2.24) is 4.98 Å². The van der Waals surface area contributed by atoms with Crippen LogP contribution in [0.4, 0.5) is 0 Å². The van der Waals surface area contributed by atoms with Crippen molar-refractivity contribution in [2.75, 3.05) is 7.11 Å². The van der Waals surface area contributed by atoms with E-state index in [9.17, 15) is 0 Å². The van der Waals surface area contributed by atoms with Crippen LogP contribution in [0.1, 0.15) is 25.6 Å². The van der Waals surface area contributed by atoms with Crippen LogP contribution in [0.5, 0.6) is 5.75 Å². The number of hydrogen-bond donors (Lipinski definition) is 2. The molecule has 0 aromatic carbocycles. The van der Waals surface area contributed by atoms with Crippen LogP contribution in [0, 0.1) is 5.92 Å². The van der Waals surface area contributed by atoms with Gasteiger partial charge in [0.1, 0.15) is 5.75 Å². The lowest BCUT2D eigenvalue weighted by Crippen LogP contribution is -2.16. The van der Waals surface area contributed by atoms with E-state index in [-0.39, 0.29) is 6.04 Å². The van der Waals surface area contributed by atoms with Crippen LogP contribution in [0.2, 0.25) is 0 Å². The lowest BCUT2D eigenvalue weighted by molar-refractivity contribution is 0.415. The zero-order chi connectivity index (χ0) is 9.14. The maximum Gasteiger partial charge on any atom is 0.136 e. The Morgan fingerprint density at radius 2 is 2.17 bits per heavy atom. The van der Waals surface area contributed by atoms with Crippen molar-refractivity contribution in [1.29, 1.82) is 0 Å². The Bertz CT molecular complexity index is 242. The van der Waals surface area contributed by atoms with Crippen molar-refractivity contribution < 1.29 is 4.74 Å². The quantitative estimate of drug-likeness (QED) is 0.721. The number of ether oxygens (including phenoxy) is 1. The van der Waals surface area contributed by atoms with Crippen LogP contribution >= 0.6 is 0 Å². The van der Waals surface area contributed by atoms with E-state index in [1.165, 1.54) is 0 Å². The molecular formula is C9H16N2O. The zero-order valence-corrected chi connectivity index (χ0v) is 7.79. The number of methoxy groups -OCH3 is 1. The monoisotopic (exact) mass is 168 g/mol. The van der Waals surface area contributed by atoms with E-state index in [0.717, 1.165) is 11.4 Å². The van der Waals surface area contributed by atoms with Crippen molar-refractivity contribution in [2.24, 2.45) is 11.7 Å². The third-order valence-corrected chi connectivity index (χ3v) is 1.99. The molecule has 1 aromatic rings. The minimum Gasteiger partial charge on any atom is -0.495 e. The first-order chi connectivity index (χ1) is 5.65. The summed E-state index contributed by atoms with van der Waals surface area (Å²) in [6.07, 6.45) is 1.82. The summed E-state index contributed by atoms with van der Waals surface area (Å²) in [6, 6.07) is 2.00. The second-order valence-electron chi connectivity index (χ2n) is 3.26. The molecule has 1 atom stereocenters. The highest BCUT2D eigenvalue weighted by molar-refractivity contribution is 5.24. The molecule has 3 N–H and O–H groups in total. The molecule has 0 radical (unpaired) electrons. The molecule has 0 aliphatic carbocycles. The van der Waals surface area contributed by atoms with Crippen LogP contribution in [0.3, 0.4) is 0 Å². The van der Waals surface area contributed by atoms with Gasteiger partial charge in [0, 0.05) is 24.0 Å². The summed E-state index contributed by atoms with van der Waals surface area (Å²) < 4.78 is 5.04. The van der Waals surface area contributed by atoms with Crippen LogP contribution < -0.4 is 10.5 Å². The second-order valence-corrected chi connectivity index (χ2v) is 3.26. The Morgan fingerprint density at radius 1 is 1.50 bits per heavy atom. The summed E-state index contributed by atoms with van der Waals surface area (Å²) in [5.41, 5.74) is 6.95. The fourth-order valence-electron chi connectivity index (χ4n) is 1.06. The number of aromatic nitrogens is 1. The highest BCUT2D eigenvalue weighted by Gasteiger charge is 2.12. The third-order valence-electron chi connectivity index (χ3n) is 1.99. The third kappa shape index (κ3) is 1.80. The van der Waals surface area contributed by atoms with E-state index in [1.54, 1.807) is 7.11 Å². The average molecular weight is 168 g/mol. The van der Waals surface area contributed by atoms with Crippen molar-refractivity contribution >= 4 is 0 Å². The van der Waals surface area contributed by atoms with E-state index >= 15 is 0 Å². The van der Waals surface area contributed by atoms with Gasteiger partial charge in [0.05, 0.1) is 7.11 Å². The van der Waals surface area contributed by atoms with E-state index in [2.05, 4.69) is 18.8 Å². The number of hydrogen-bond acceptors (Lipinski definition) is 2. The fourth-order valence-corrected chi connectivity index (χ4v) is 1.06. The Labute approximate surface area is 72.9 Å². The number of rotatable bonds is 3. The highest BCUT2D eigenvalue weighted by Crippen LogP contribution is 2.21. The number of nitrogens with two attached hydrogens (primary N) is 1. The Balaban J connectivity index is 2.74. The molecule has 0 saturated heterocycles. The lowest BCUT2D eigenvalue weighted by atomic mass is 10.0. The summed E-state index contributed by atoms with van der Waals surface area (Å²) >= 11 is 0. The molecule has 0 aliphatic heterocycles. The molecule has 3 nitrogen and oxygen atoms in total.